The van der Waals surface area contributed by atoms with Gasteiger partial charge in [0, 0.05) is 0 Å². The molecule has 138 valence electrons. The summed E-state index contributed by atoms with van der Waals surface area (Å²) in [6.07, 6.45) is 27.6. The van der Waals surface area contributed by atoms with Gasteiger partial charge >= 0.3 is 26.2 Å². The van der Waals surface area contributed by atoms with Gasteiger partial charge in [-0.25, -0.2) is 0 Å². The van der Waals surface area contributed by atoms with Crippen molar-refractivity contribution in [1.82, 2.24) is 0 Å². The zero-order valence-electron chi connectivity index (χ0n) is 16.8. The van der Waals surface area contributed by atoms with Crippen molar-refractivity contribution in [3.8, 4) is 0 Å². The van der Waals surface area contributed by atoms with Gasteiger partial charge in [-0.1, -0.05) is 48.6 Å². The summed E-state index contributed by atoms with van der Waals surface area (Å²) < 4.78 is 0. The summed E-state index contributed by atoms with van der Waals surface area (Å²) in [5.41, 5.74) is 0. The minimum atomic E-state index is 0. The molecule has 2 saturated carbocycles. The van der Waals surface area contributed by atoms with Crippen molar-refractivity contribution in [2.75, 3.05) is 0 Å². The minimum absolute atomic E-state index is 0. The van der Waals surface area contributed by atoms with Gasteiger partial charge in [0.1, 0.15) is 0 Å². The largest absolute Gasteiger partial charge is 4.00 e. The summed E-state index contributed by atoms with van der Waals surface area (Å²) >= 11 is 0. The third-order valence-corrected chi connectivity index (χ3v) is 6.33. The van der Waals surface area contributed by atoms with Crippen molar-refractivity contribution in [3.05, 3.63) is 78.3 Å². The predicted molar refractivity (Wildman–Crippen MR) is 111 cm³/mol. The molecule has 6 unspecified atom stereocenters. The average molecular weight is 418 g/mol. The quantitative estimate of drug-likeness (QED) is 0.429. The maximum absolute atomic E-state index is 2.49. The third kappa shape index (κ3) is 5.66. The minimum Gasteiger partial charge on any atom is -0.358 e. The molecule has 0 heterocycles. The van der Waals surface area contributed by atoms with Crippen LogP contribution in [0.25, 0.3) is 0 Å². The number of hydrogen-bond acceptors (Lipinski definition) is 0. The second kappa shape index (κ2) is 12.3. The van der Waals surface area contributed by atoms with Crippen LogP contribution in [0.5, 0.6) is 0 Å². The summed E-state index contributed by atoms with van der Waals surface area (Å²) in [5.74, 6) is 5.36. The number of fused-ring (bicyclic) bond motifs is 2. The fourth-order valence-corrected chi connectivity index (χ4v) is 5.23. The molecule has 2 fully saturated rings. The van der Waals surface area contributed by atoms with Crippen LogP contribution in [-0.2, 0) is 26.2 Å². The van der Waals surface area contributed by atoms with Crippen LogP contribution in [0.15, 0.2) is 48.6 Å². The van der Waals surface area contributed by atoms with E-state index in [9.17, 15) is 0 Å². The molecule has 0 radical (unpaired) electrons. The molecule has 0 aliphatic heterocycles. The van der Waals surface area contributed by atoms with Gasteiger partial charge in [-0.15, -0.1) is 0 Å². The van der Waals surface area contributed by atoms with E-state index >= 15 is 0 Å². The Hall–Kier alpha value is -0.157. The summed E-state index contributed by atoms with van der Waals surface area (Å²) in [6, 6.07) is 0. The van der Waals surface area contributed by atoms with E-state index in [1.54, 1.807) is 0 Å². The standard InChI is InChI=1S/C20H26.4CH3.Zr/c1-3-7-19-15(5-1)9-11-17(19)13-14-18-12-10-16-6-2-4-8-20(16)18;;;;;/h1-8,15-20H,9-14H2;4*1H3;/q;4*-1;+4. The normalized spacial score (nSPS) is 35.8. The molecule has 0 spiro atoms. The maximum atomic E-state index is 2.49. The Balaban J connectivity index is 0. The summed E-state index contributed by atoms with van der Waals surface area (Å²) in [5, 5.41) is 0. The van der Waals surface area contributed by atoms with Crippen LogP contribution in [0.1, 0.15) is 38.5 Å². The molecule has 0 amide bonds. The molecule has 0 saturated heterocycles. The van der Waals surface area contributed by atoms with Gasteiger partial charge in [-0.05, 0) is 74.0 Å². The predicted octanol–water partition coefficient (Wildman–Crippen LogP) is 7.10. The average Bonchev–Trinajstić information content (AvgIpc) is 3.09. The topological polar surface area (TPSA) is 0 Å². The first-order valence-corrected chi connectivity index (χ1v) is 8.62. The first kappa shape index (κ1) is 27.1. The van der Waals surface area contributed by atoms with Gasteiger partial charge in [-0.2, -0.15) is 0 Å². The van der Waals surface area contributed by atoms with E-state index in [1.165, 1.54) is 38.5 Å². The second-order valence-corrected chi connectivity index (χ2v) is 7.27. The molecule has 1 heteroatoms. The van der Waals surface area contributed by atoms with Crippen LogP contribution in [0, 0.1) is 65.2 Å². The second-order valence-electron chi connectivity index (χ2n) is 7.27. The summed E-state index contributed by atoms with van der Waals surface area (Å²) in [4.78, 5) is 0. The van der Waals surface area contributed by atoms with E-state index < -0.39 is 0 Å². The molecule has 0 bridgehead atoms. The molecule has 0 N–H and O–H groups in total. The van der Waals surface area contributed by atoms with E-state index in [0.29, 0.717) is 0 Å². The van der Waals surface area contributed by atoms with Crippen LogP contribution < -0.4 is 0 Å². The fourth-order valence-electron chi connectivity index (χ4n) is 5.23. The molecule has 4 aliphatic carbocycles. The smallest absolute Gasteiger partial charge is 0.358 e. The van der Waals surface area contributed by atoms with Crippen molar-refractivity contribution in [2.24, 2.45) is 35.5 Å². The van der Waals surface area contributed by atoms with Crippen LogP contribution in [-0.4, -0.2) is 0 Å². The summed E-state index contributed by atoms with van der Waals surface area (Å²) in [6.45, 7) is 0. The molecule has 25 heavy (non-hydrogen) atoms. The summed E-state index contributed by atoms with van der Waals surface area (Å²) in [7, 11) is 0. The van der Waals surface area contributed by atoms with Crippen molar-refractivity contribution >= 4 is 0 Å². The Morgan fingerprint density at radius 3 is 1.28 bits per heavy atom. The molecule has 0 aromatic carbocycles. The Bertz CT molecular complexity index is 426. The van der Waals surface area contributed by atoms with E-state index in [0.717, 1.165) is 35.5 Å². The van der Waals surface area contributed by atoms with E-state index in [4.69, 9.17) is 0 Å². The zero-order chi connectivity index (χ0) is 13.4. The monoisotopic (exact) mass is 416 g/mol. The van der Waals surface area contributed by atoms with E-state index in [1.807, 2.05) is 0 Å². The van der Waals surface area contributed by atoms with Gasteiger partial charge in [0.15, 0.2) is 0 Å². The van der Waals surface area contributed by atoms with Crippen molar-refractivity contribution in [2.45, 2.75) is 38.5 Å². The third-order valence-electron chi connectivity index (χ3n) is 6.33. The molecule has 6 atom stereocenters. The van der Waals surface area contributed by atoms with Crippen LogP contribution in [0.3, 0.4) is 0 Å². The first-order valence-electron chi connectivity index (χ1n) is 8.62. The molecule has 4 aliphatic rings. The Morgan fingerprint density at radius 1 is 0.520 bits per heavy atom. The molecule has 0 aromatic heterocycles. The van der Waals surface area contributed by atoms with E-state index in [-0.39, 0.29) is 55.9 Å². The van der Waals surface area contributed by atoms with Crippen LogP contribution in [0.4, 0.5) is 0 Å². The van der Waals surface area contributed by atoms with Crippen molar-refractivity contribution in [1.29, 1.82) is 0 Å². The molecule has 4 rings (SSSR count). The molecule has 0 aromatic rings. The van der Waals surface area contributed by atoms with Gasteiger partial charge < -0.3 is 29.7 Å². The Kier molecular flexibility index (Phi) is 13.3. The van der Waals surface area contributed by atoms with Crippen LogP contribution >= 0.6 is 0 Å². The fraction of sp³-hybridized carbons (Fsp3) is 0.500. The number of rotatable bonds is 3. The van der Waals surface area contributed by atoms with Crippen molar-refractivity contribution < 1.29 is 26.2 Å². The first-order chi connectivity index (χ1) is 9.92. The number of allylic oxidation sites excluding steroid dienone is 8. The van der Waals surface area contributed by atoms with Gasteiger partial charge in [0.25, 0.3) is 0 Å². The van der Waals surface area contributed by atoms with Crippen molar-refractivity contribution in [3.63, 3.8) is 0 Å². The molecular weight excluding hydrogens is 379 g/mol. The Morgan fingerprint density at radius 2 is 0.880 bits per heavy atom. The SMILES string of the molecule is C1=CC2CCC(CCC3CCC4C=CC=CC43)C2C=C1.[CH3-].[CH3-].[CH3-].[CH3-].[Zr+4]. The Labute approximate surface area is 178 Å². The van der Waals surface area contributed by atoms with E-state index in [2.05, 4.69) is 48.6 Å². The number of hydrogen-bond donors (Lipinski definition) is 0. The molecular formula is C24H38Zr. The van der Waals surface area contributed by atoms with Gasteiger partial charge in [-0.3, -0.25) is 0 Å². The molecule has 0 nitrogen and oxygen atoms in total. The van der Waals surface area contributed by atoms with Gasteiger partial charge in [0.05, 0.1) is 0 Å². The van der Waals surface area contributed by atoms with Gasteiger partial charge in [0.2, 0.25) is 0 Å². The maximum Gasteiger partial charge on any atom is 4.00 e. The van der Waals surface area contributed by atoms with Crippen LogP contribution in [0.2, 0.25) is 0 Å². The zero-order valence-corrected chi connectivity index (χ0v) is 19.3.